The molecule has 0 radical (unpaired) electrons. The molecule has 0 amide bonds. The van der Waals surface area contributed by atoms with Gasteiger partial charge in [0.2, 0.25) is 0 Å². The smallest absolute Gasteiger partial charge is 0.184 e. The molecule has 4 rings (SSSR count). The van der Waals surface area contributed by atoms with Crippen molar-refractivity contribution in [3.63, 3.8) is 0 Å². The fraction of sp³-hybridized carbons (Fsp3) is 0.478. The highest BCUT2D eigenvalue weighted by atomic mass is 16.5. The first kappa shape index (κ1) is 19.2. The average molecular weight is 383 g/mol. The Morgan fingerprint density at radius 2 is 1.82 bits per heavy atom. The van der Waals surface area contributed by atoms with Crippen LogP contribution in [0.5, 0.6) is 5.75 Å². The number of anilines is 1. The number of hydrogen-bond acceptors (Lipinski definition) is 5. The van der Waals surface area contributed by atoms with Crippen LogP contribution in [0, 0.1) is 18.8 Å². The third-order valence-electron chi connectivity index (χ3n) is 6.25. The standard InChI is InChI=1S/C23H30N2O3/c1-16-8-9-21(28-2)20(10-16)24-22(26)25-14-18-12-23(27,13-19(18)15-25)11-17-6-4-3-5-7-17/h3-10,18-19,22,24,26-27H,11-15H2,1-2H3/t18-,19+,22?,23-. The van der Waals surface area contributed by atoms with E-state index in [4.69, 9.17) is 4.74 Å². The van der Waals surface area contributed by atoms with E-state index in [0.29, 0.717) is 18.3 Å². The molecule has 1 saturated carbocycles. The molecule has 0 bridgehead atoms. The Labute approximate surface area is 167 Å². The number of rotatable bonds is 6. The van der Waals surface area contributed by atoms with Gasteiger partial charge >= 0.3 is 0 Å². The summed E-state index contributed by atoms with van der Waals surface area (Å²) in [4.78, 5) is 2.07. The number of aliphatic hydroxyl groups excluding tert-OH is 1. The Hall–Kier alpha value is -2.08. The summed E-state index contributed by atoms with van der Waals surface area (Å²) >= 11 is 0. The number of benzene rings is 2. The maximum atomic E-state index is 11.1. The summed E-state index contributed by atoms with van der Waals surface area (Å²) in [6.07, 6.45) is 1.54. The summed E-state index contributed by atoms with van der Waals surface area (Å²) < 4.78 is 5.40. The number of likely N-dealkylation sites (tertiary alicyclic amines) is 1. The largest absolute Gasteiger partial charge is 0.495 e. The monoisotopic (exact) mass is 382 g/mol. The molecule has 1 heterocycles. The van der Waals surface area contributed by atoms with Crippen LogP contribution in [-0.4, -0.2) is 47.3 Å². The highest BCUT2D eigenvalue weighted by molar-refractivity contribution is 5.58. The summed E-state index contributed by atoms with van der Waals surface area (Å²) in [6.45, 7) is 3.61. The van der Waals surface area contributed by atoms with E-state index in [1.165, 1.54) is 5.56 Å². The predicted octanol–water partition coefficient (Wildman–Crippen LogP) is 3.01. The van der Waals surface area contributed by atoms with Crippen molar-refractivity contribution in [2.75, 3.05) is 25.5 Å². The second-order valence-electron chi connectivity index (χ2n) is 8.49. The van der Waals surface area contributed by atoms with E-state index < -0.39 is 12.0 Å². The van der Waals surface area contributed by atoms with Crippen molar-refractivity contribution < 1.29 is 14.9 Å². The predicted molar refractivity (Wildman–Crippen MR) is 110 cm³/mol. The van der Waals surface area contributed by atoms with E-state index in [2.05, 4.69) is 22.3 Å². The lowest BCUT2D eigenvalue weighted by atomic mass is 9.91. The highest BCUT2D eigenvalue weighted by Gasteiger charge is 2.49. The minimum absolute atomic E-state index is 0.421. The molecule has 4 atom stereocenters. The second kappa shape index (κ2) is 7.74. The topological polar surface area (TPSA) is 65.0 Å². The van der Waals surface area contributed by atoms with E-state index in [9.17, 15) is 10.2 Å². The molecule has 150 valence electrons. The minimum atomic E-state index is -0.761. The molecule has 2 aromatic rings. The number of aryl methyl sites for hydroxylation is 1. The third kappa shape index (κ3) is 4.02. The summed E-state index contributed by atoms with van der Waals surface area (Å²) in [7, 11) is 1.63. The van der Waals surface area contributed by atoms with E-state index in [1.54, 1.807) is 7.11 Å². The van der Waals surface area contributed by atoms with Crippen LogP contribution in [-0.2, 0) is 6.42 Å². The average Bonchev–Trinajstić information content (AvgIpc) is 3.17. The van der Waals surface area contributed by atoms with Gasteiger partial charge in [0.05, 0.1) is 18.4 Å². The number of fused-ring (bicyclic) bond motifs is 1. The van der Waals surface area contributed by atoms with Crippen molar-refractivity contribution in [3.8, 4) is 5.75 Å². The van der Waals surface area contributed by atoms with Gasteiger partial charge in [0.1, 0.15) is 5.75 Å². The molecule has 2 aromatic carbocycles. The summed E-state index contributed by atoms with van der Waals surface area (Å²) in [5, 5.41) is 25.0. The molecule has 0 spiro atoms. The van der Waals surface area contributed by atoms with Gasteiger partial charge in [-0.2, -0.15) is 0 Å². The number of aliphatic hydroxyl groups is 2. The van der Waals surface area contributed by atoms with Crippen molar-refractivity contribution in [1.82, 2.24) is 4.90 Å². The Bertz CT molecular complexity index is 797. The van der Waals surface area contributed by atoms with Gasteiger partial charge in [-0.05, 0) is 54.9 Å². The normalized spacial score (nSPS) is 28.1. The Morgan fingerprint density at radius 3 is 2.46 bits per heavy atom. The molecule has 28 heavy (non-hydrogen) atoms. The molecule has 2 aliphatic rings. The fourth-order valence-corrected chi connectivity index (χ4v) is 4.98. The van der Waals surface area contributed by atoms with E-state index >= 15 is 0 Å². The van der Waals surface area contributed by atoms with Crippen LogP contribution in [0.3, 0.4) is 0 Å². The lowest BCUT2D eigenvalue weighted by Gasteiger charge is -2.29. The number of nitrogens with one attached hydrogen (secondary N) is 1. The molecule has 1 aliphatic carbocycles. The molecule has 2 fully saturated rings. The molecule has 5 nitrogen and oxygen atoms in total. The van der Waals surface area contributed by atoms with Crippen molar-refractivity contribution >= 4 is 5.69 Å². The van der Waals surface area contributed by atoms with Crippen molar-refractivity contribution in [2.24, 2.45) is 11.8 Å². The van der Waals surface area contributed by atoms with Crippen LogP contribution in [0.25, 0.3) is 0 Å². The van der Waals surface area contributed by atoms with E-state index in [1.807, 2.05) is 43.3 Å². The molecular weight excluding hydrogens is 352 g/mol. The molecule has 1 aliphatic heterocycles. The van der Waals surface area contributed by atoms with Crippen LogP contribution in [0.4, 0.5) is 5.69 Å². The minimum Gasteiger partial charge on any atom is -0.495 e. The molecule has 3 N–H and O–H groups in total. The van der Waals surface area contributed by atoms with Crippen molar-refractivity contribution in [1.29, 1.82) is 0 Å². The Kier molecular flexibility index (Phi) is 5.32. The molecule has 1 saturated heterocycles. The fourth-order valence-electron chi connectivity index (χ4n) is 4.98. The quantitative estimate of drug-likeness (QED) is 0.671. The van der Waals surface area contributed by atoms with Gasteiger partial charge in [-0.15, -0.1) is 0 Å². The summed E-state index contributed by atoms with van der Waals surface area (Å²) in [5.41, 5.74) is 2.48. The van der Waals surface area contributed by atoms with Crippen LogP contribution in [0.1, 0.15) is 24.0 Å². The van der Waals surface area contributed by atoms with Gasteiger partial charge in [0.15, 0.2) is 6.35 Å². The maximum Gasteiger partial charge on any atom is 0.184 e. The first-order valence-electron chi connectivity index (χ1n) is 10.1. The van der Waals surface area contributed by atoms with Gasteiger partial charge < -0.3 is 20.3 Å². The lowest BCUT2D eigenvalue weighted by molar-refractivity contribution is 0.00995. The van der Waals surface area contributed by atoms with Gasteiger partial charge in [-0.3, -0.25) is 4.90 Å². The van der Waals surface area contributed by atoms with Crippen LogP contribution in [0.2, 0.25) is 0 Å². The van der Waals surface area contributed by atoms with Crippen molar-refractivity contribution in [2.45, 2.75) is 38.1 Å². The van der Waals surface area contributed by atoms with Gasteiger partial charge in [-0.1, -0.05) is 36.4 Å². The zero-order chi connectivity index (χ0) is 19.7. The Balaban J connectivity index is 1.36. The number of methoxy groups -OCH3 is 1. The first-order valence-corrected chi connectivity index (χ1v) is 10.1. The summed E-state index contributed by atoms with van der Waals surface area (Å²) in [6, 6.07) is 16.1. The van der Waals surface area contributed by atoms with E-state index in [0.717, 1.165) is 42.9 Å². The number of ether oxygens (including phenoxy) is 1. The van der Waals surface area contributed by atoms with Crippen LogP contribution in [0.15, 0.2) is 48.5 Å². The van der Waals surface area contributed by atoms with Gasteiger partial charge in [0.25, 0.3) is 0 Å². The van der Waals surface area contributed by atoms with Gasteiger partial charge in [0, 0.05) is 19.5 Å². The van der Waals surface area contributed by atoms with Crippen LogP contribution < -0.4 is 10.1 Å². The van der Waals surface area contributed by atoms with Crippen molar-refractivity contribution in [3.05, 3.63) is 59.7 Å². The second-order valence-corrected chi connectivity index (χ2v) is 8.49. The zero-order valence-electron chi connectivity index (χ0n) is 16.6. The van der Waals surface area contributed by atoms with E-state index in [-0.39, 0.29) is 0 Å². The Morgan fingerprint density at radius 1 is 1.14 bits per heavy atom. The molecule has 1 unspecified atom stereocenters. The first-order chi connectivity index (χ1) is 13.5. The third-order valence-corrected chi connectivity index (χ3v) is 6.25. The molecular formula is C23H30N2O3. The molecule has 5 heteroatoms. The zero-order valence-corrected chi connectivity index (χ0v) is 16.6. The SMILES string of the molecule is COc1ccc(C)cc1NC(O)N1C[C@@H]2C[C@@](O)(Cc3ccccc3)C[C@@H]2C1. The van der Waals surface area contributed by atoms with Gasteiger partial charge in [-0.25, -0.2) is 0 Å². The molecule has 0 aromatic heterocycles. The maximum absolute atomic E-state index is 11.1. The highest BCUT2D eigenvalue weighted by Crippen LogP contribution is 2.45. The van der Waals surface area contributed by atoms with Crippen LogP contribution >= 0.6 is 0 Å². The lowest BCUT2D eigenvalue weighted by Crippen LogP contribution is -2.41. The number of hydrogen-bond donors (Lipinski definition) is 3. The summed E-state index contributed by atoms with van der Waals surface area (Å²) in [5.74, 6) is 1.57. The number of nitrogens with zero attached hydrogens (tertiary/aromatic N) is 1.